The van der Waals surface area contributed by atoms with E-state index < -0.39 is 5.97 Å². The standard InChI is InChI=1S/C18H26N2O3/c1-3-19(4-2)12-13-20-11-5-6-16(17(20)21)14-7-9-15(10-8-14)18(22)23/h7-10,16H,3-6,11-13H2,1-2H3,(H,22,23). The third kappa shape index (κ3) is 4.32. The minimum absolute atomic E-state index is 0.136. The number of rotatable bonds is 7. The zero-order valence-corrected chi connectivity index (χ0v) is 14.0. The van der Waals surface area contributed by atoms with Gasteiger partial charge in [0.25, 0.3) is 0 Å². The molecule has 0 radical (unpaired) electrons. The number of nitrogens with zero attached hydrogens (tertiary/aromatic N) is 2. The molecule has 23 heavy (non-hydrogen) atoms. The first-order chi connectivity index (χ1) is 11.1. The van der Waals surface area contributed by atoms with Crippen molar-refractivity contribution in [3.8, 4) is 0 Å². The van der Waals surface area contributed by atoms with Crippen LogP contribution in [0.15, 0.2) is 24.3 Å². The van der Waals surface area contributed by atoms with Crippen LogP contribution in [0.3, 0.4) is 0 Å². The second-order valence-electron chi connectivity index (χ2n) is 5.97. The highest BCUT2D eigenvalue weighted by Gasteiger charge is 2.29. The molecule has 1 aliphatic heterocycles. The van der Waals surface area contributed by atoms with Crippen LogP contribution in [-0.4, -0.2) is 59.5 Å². The summed E-state index contributed by atoms with van der Waals surface area (Å²) in [5.74, 6) is -0.901. The van der Waals surface area contributed by atoms with Gasteiger partial charge in [-0.15, -0.1) is 0 Å². The average molecular weight is 318 g/mol. The van der Waals surface area contributed by atoms with Crippen molar-refractivity contribution in [1.29, 1.82) is 0 Å². The first-order valence-corrected chi connectivity index (χ1v) is 8.41. The molecule has 0 spiro atoms. The largest absolute Gasteiger partial charge is 0.478 e. The summed E-state index contributed by atoms with van der Waals surface area (Å²) >= 11 is 0. The van der Waals surface area contributed by atoms with Crippen molar-refractivity contribution >= 4 is 11.9 Å². The van der Waals surface area contributed by atoms with Gasteiger partial charge >= 0.3 is 5.97 Å². The second kappa shape index (κ2) is 8.11. The Labute approximate surface area is 137 Å². The predicted molar refractivity (Wildman–Crippen MR) is 89.7 cm³/mol. The van der Waals surface area contributed by atoms with Crippen LogP contribution in [-0.2, 0) is 4.79 Å². The van der Waals surface area contributed by atoms with E-state index in [-0.39, 0.29) is 17.4 Å². The molecule has 2 rings (SSSR count). The van der Waals surface area contributed by atoms with Crippen molar-refractivity contribution in [2.24, 2.45) is 0 Å². The maximum absolute atomic E-state index is 12.7. The van der Waals surface area contributed by atoms with Gasteiger partial charge in [-0.25, -0.2) is 4.79 Å². The Bertz CT molecular complexity index is 538. The summed E-state index contributed by atoms with van der Waals surface area (Å²) in [7, 11) is 0. The summed E-state index contributed by atoms with van der Waals surface area (Å²) < 4.78 is 0. The van der Waals surface area contributed by atoms with Gasteiger partial charge < -0.3 is 14.9 Å². The molecule has 1 unspecified atom stereocenters. The normalized spacial score (nSPS) is 18.5. The van der Waals surface area contributed by atoms with E-state index in [0.717, 1.165) is 51.1 Å². The highest BCUT2D eigenvalue weighted by atomic mass is 16.4. The number of likely N-dealkylation sites (N-methyl/N-ethyl adjacent to an activating group) is 1. The van der Waals surface area contributed by atoms with Crippen molar-refractivity contribution < 1.29 is 14.7 Å². The Hall–Kier alpha value is -1.88. The van der Waals surface area contributed by atoms with Crippen molar-refractivity contribution in [3.63, 3.8) is 0 Å². The quantitative estimate of drug-likeness (QED) is 0.839. The van der Waals surface area contributed by atoms with Crippen LogP contribution in [0.4, 0.5) is 0 Å². The van der Waals surface area contributed by atoms with Crippen molar-refractivity contribution in [2.45, 2.75) is 32.6 Å². The minimum Gasteiger partial charge on any atom is -0.478 e. The number of carboxylic acids is 1. The number of hydrogen-bond acceptors (Lipinski definition) is 3. The molecule has 1 aromatic rings. The zero-order valence-electron chi connectivity index (χ0n) is 14.0. The topological polar surface area (TPSA) is 60.9 Å². The lowest BCUT2D eigenvalue weighted by Gasteiger charge is -2.34. The molecule has 1 atom stereocenters. The van der Waals surface area contributed by atoms with E-state index >= 15 is 0 Å². The lowest BCUT2D eigenvalue weighted by Crippen LogP contribution is -2.44. The molecule has 1 aromatic carbocycles. The van der Waals surface area contributed by atoms with Crippen molar-refractivity contribution in [3.05, 3.63) is 35.4 Å². The third-order valence-corrected chi connectivity index (χ3v) is 4.67. The molecule has 1 aliphatic rings. The van der Waals surface area contributed by atoms with Gasteiger partial charge in [0, 0.05) is 19.6 Å². The number of carboxylic acid groups (broad SMARTS) is 1. The van der Waals surface area contributed by atoms with E-state index in [9.17, 15) is 9.59 Å². The summed E-state index contributed by atoms with van der Waals surface area (Å²) in [6.07, 6.45) is 1.84. The van der Waals surface area contributed by atoms with Gasteiger partial charge in [-0.1, -0.05) is 26.0 Å². The molecular weight excluding hydrogens is 292 g/mol. The molecule has 0 saturated carbocycles. The van der Waals surface area contributed by atoms with E-state index in [4.69, 9.17) is 5.11 Å². The number of piperidine rings is 1. The number of likely N-dealkylation sites (tertiary alicyclic amines) is 1. The smallest absolute Gasteiger partial charge is 0.335 e. The molecule has 1 saturated heterocycles. The Morgan fingerprint density at radius 2 is 1.91 bits per heavy atom. The summed E-state index contributed by atoms with van der Waals surface area (Å²) in [4.78, 5) is 27.9. The number of benzene rings is 1. The average Bonchev–Trinajstić information content (AvgIpc) is 2.57. The van der Waals surface area contributed by atoms with Crippen LogP contribution >= 0.6 is 0 Å². The van der Waals surface area contributed by atoms with Gasteiger partial charge in [0.1, 0.15) is 0 Å². The lowest BCUT2D eigenvalue weighted by molar-refractivity contribution is -0.135. The molecule has 5 nitrogen and oxygen atoms in total. The Kier molecular flexibility index (Phi) is 6.16. The van der Waals surface area contributed by atoms with E-state index in [0.29, 0.717) is 0 Å². The lowest BCUT2D eigenvalue weighted by atomic mass is 9.89. The van der Waals surface area contributed by atoms with Gasteiger partial charge in [-0.05, 0) is 43.6 Å². The molecule has 0 aliphatic carbocycles. The number of carbonyl (C=O) groups is 2. The van der Waals surface area contributed by atoms with E-state index in [1.807, 2.05) is 4.90 Å². The summed E-state index contributed by atoms with van der Waals surface area (Å²) in [5.41, 5.74) is 1.18. The van der Waals surface area contributed by atoms with Crippen molar-refractivity contribution in [1.82, 2.24) is 9.80 Å². The van der Waals surface area contributed by atoms with Crippen LogP contribution in [0.5, 0.6) is 0 Å². The maximum Gasteiger partial charge on any atom is 0.335 e. The number of hydrogen-bond donors (Lipinski definition) is 1. The molecule has 1 N–H and O–H groups in total. The monoisotopic (exact) mass is 318 g/mol. The van der Waals surface area contributed by atoms with Crippen LogP contribution in [0.2, 0.25) is 0 Å². The fourth-order valence-corrected chi connectivity index (χ4v) is 3.13. The summed E-state index contributed by atoms with van der Waals surface area (Å²) in [6.45, 7) is 8.76. The number of aromatic carboxylic acids is 1. The molecule has 126 valence electrons. The van der Waals surface area contributed by atoms with E-state index in [1.165, 1.54) is 0 Å². The zero-order chi connectivity index (χ0) is 16.8. The van der Waals surface area contributed by atoms with Crippen LogP contribution in [0, 0.1) is 0 Å². The molecule has 1 heterocycles. The molecule has 1 amide bonds. The highest BCUT2D eigenvalue weighted by molar-refractivity contribution is 5.88. The predicted octanol–water partition coefficient (Wildman–Crippen LogP) is 2.43. The molecule has 0 aromatic heterocycles. The fraction of sp³-hybridized carbons (Fsp3) is 0.556. The first-order valence-electron chi connectivity index (χ1n) is 8.41. The van der Waals surface area contributed by atoms with Crippen molar-refractivity contribution in [2.75, 3.05) is 32.7 Å². The van der Waals surface area contributed by atoms with E-state index in [1.54, 1.807) is 24.3 Å². The van der Waals surface area contributed by atoms with Gasteiger partial charge in [0.05, 0.1) is 11.5 Å². The van der Waals surface area contributed by atoms with Gasteiger partial charge in [-0.2, -0.15) is 0 Å². The number of carbonyl (C=O) groups excluding carboxylic acids is 1. The van der Waals surface area contributed by atoms with Crippen LogP contribution in [0.25, 0.3) is 0 Å². The Morgan fingerprint density at radius 1 is 1.26 bits per heavy atom. The second-order valence-corrected chi connectivity index (χ2v) is 5.97. The molecular formula is C18H26N2O3. The Morgan fingerprint density at radius 3 is 2.48 bits per heavy atom. The summed E-state index contributed by atoms with van der Waals surface area (Å²) in [5, 5.41) is 8.97. The SMILES string of the molecule is CCN(CC)CCN1CCCC(c2ccc(C(=O)O)cc2)C1=O. The third-order valence-electron chi connectivity index (χ3n) is 4.67. The van der Waals surface area contributed by atoms with Gasteiger partial charge in [0.15, 0.2) is 0 Å². The maximum atomic E-state index is 12.7. The van der Waals surface area contributed by atoms with Crippen LogP contribution in [0.1, 0.15) is 48.5 Å². The summed E-state index contributed by atoms with van der Waals surface area (Å²) in [6, 6.07) is 6.72. The molecule has 0 bridgehead atoms. The Balaban J connectivity index is 2.02. The number of amides is 1. The van der Waals surface area contributed by atoms with Crippen LogP contribution < -0.4 is 0 Å². The van der Waals surface area contributed by atoms with E-state index in [2.05, 4.69) is 18.7 Å². The minimum atomic E-state index is -0.938. The molecule has 5 heteroatoms. The first kappa shape index (κ1) is 17.5. The van der Waals surface area contributed by atoms with Gasteiger partial charge in [-0.3, -0.25) is 4.79 Å². The van der Waals surface area contributed by atoms with Gasteiger partial charge in [0.2, 0.25) is 5.91 Å². The molecule has 1 fully saturated rings. The fourth-order valence-electron chi connectivity index (χ4n) is 3.13. The highest BCUT2D eigenvalue weighted by Crippen LogP contribution is 2.28.